The van der Waals surface area contributed by atoms with E-state index >= 15 is 0 Å². The van der Waals surface area contributed by atoms with E-state index < -0.39 is 0 Å². The number of rotatable bonds is 1. The van der Waals surface area contributed by atoms with Crippen LogP contribution in [0, 0.1) is 5.92 Å². The molecule has 0 aliphatic carbocycles. The minimum Gasteiger partial charge on any atom is -0.0814 e. The lowest BCUT2D eigenvalue weighted by molar-refractivity contribution is 0.652. The zero-order valence-electron chi connectivity index (χ0n) is 5.09. The highest BCUT2D eigenvalue weighted by Crippen LogP contribution is 2.49. The lowest BCUT2D eigenvalue weighted by Crippen LogP contribution is -2.08. The van der Waals surface area contributed by atoms with Crippen LogP contribution in [0.4, 0.5) is 0 Å². The fourth-order valence-electron chi connectivity index (χ4n) is 0.504. The van der Waals surface area contributed by atoms with E-state index in [1.807, 2.05) is 31.4 Å². The maximum absolute atomic E-state index is 2.30. The molecule has 1 saturated heterocycles. The smallest absolute Gasteiger partial charge is 0.0281 e. The highest BCUT2D eigenvalue weighted by Gasteiger charge is 2.19. The third-order valence-corrected chi connectivity index (χ3v) is 6.27. The molecule has 0 spiro atoms. The lowest BCUT2D eigenvalue weighted by Gasteiger charge is -2.08. The van der Waals surface area contributed by atoms with Crippen molar-refractivity contribution in [2.75, 3.05) is 5.75 Å². The van der Waals surface area contributed by atoms with Gasteiger partial charge in [-0.15, -0.1) is 0 Å². The van der Waals surface area contributed by atoms with Crippen LogP contribution in [0.1, 0.15) is 13.8 Å². The van der Waals surface area contributed by atoms with E-state index in [1.165, 1.54) is 5.75 Å². The van der Waals surface area contributed by atoms with Gasteiger partial charge in [0.05, 0.1) is 0 Å². The first-order valence-electron chi connectivity index (χ1n) is 2.75. The summed E-state index contributed by atoms with van der Waals surface area (Å²) in [4.78, 5) is 0. The van der Waals surface area contributed by atoms with Gasteiger partial charge in [-0.1, -0.05) is 35.4 Å². The third kappa shape index (κ3) is 1.78. The molecule has 1 fully saturated rings. The van der Waals surface area contributed by atoms with Gasteiger partial charge in [0.15, 0.2) is 0 Å². The highest BCUT2D eigenvalue weighted by molar-refractivity contribution is 9.10. The Morgan fingerprint density at radius 1 is 1.50 bits per heavy atom. The molecule has 0 radical (unpaired) electrons. The molecule has 1 aliphatic rings. The molecule has 0 aromatic heterocycles. The standard InChI is InChI=1S/C5H10S3/c1-4(2)5-3-6-8-7-5/h4-5H,3H2,1-2H3. The van der Waals surface area contributed by atoms with Crippen molar-refractivity contribution in [3.63, 3.8) is 0 Å². The van der Waals surface area contributed by atoms with Crippen LogP contribution < -0.4 is 0 Å². The van der Waals surface area contributed by atoms with Gasteiger partial charge in [0, 0.05) is 11.0 Å². The quantitative estimate of drug-likeness (QED) is 0.550. The van der Waals surface area contributed by atoms with Crippen molar-refractivity contribution < 1.29 is 0 Å². The lowest BCUT2D eigenvalue weighted by atomic mass is 10.1. The maximum atomic E-state index is 2.30. The number of hydrogen-bond acceptors (Lipinski definition) is 3. The van der Waals surface area contributed by atoms with Crippen LogP contribution in [-0.4, -0.2) is 11.0 Å². The van der Waals surface area contributed by atoms with Crippen molar-refractivity contribution in [3.8, 4) is 0 Å². The average molecular weight is 166 g/mol. The van der Waals surface area contributed by atoms with E-state index in [4.69, 9.17) is 0 Å². The molecule has 1 heterocycles. The second-order valence-corrected chi connectivity index (χ2v) is 6.65. The van der Waals surface area contributed by atoms with Crippen molar-refractivity contribution in [1.82, 2.24) is 0 Å². The molecule has 8 heavy (non-hydrogen) atoms. The van der Waals surface area contributed by atoms with Gasteiger partial charge in [-0.05, 0) is 15.7 Å². The molecule has 48 valence electrons. The monoisotopic (exact) mass is 166 g/mol. The summed E-state index contributed by atoms with van der Waals surface area (Å²) in [5, 5.41) is 0.907. The molecule has 1 unspecified atom stereocenters. The third-order valence-electron chi connectivity index (χ3n) is 1.19. The molecule has 1 rings (SSSR count). The molecule has 0 saturated carbocycles. The molecule has 0 N–H and O–H groups in total. The predicted molar refractivity (Wildman–Crippen MR) is 46.3 cm³/mol. The molecular weight excluding hydrogens is 156 g/mol. The molecule has 0 bridgehead atoms. The van der Waals surface area contributed by atoms with Gasteiger partial charge < -0.3 is 0 Å². The van der Waals surface area contributed by atoms with E-state index in [1.54, 1.807) is 0 Å². The van der Waals surface area contributed by atoms with Gasteiger partial charge in [0.25, 0.3) is 0 Å². The van der Waals surface area contributed by atoms with Crippen molar-refractivity contribution in [1.29, 1.82) is 0 Å². The van der Waals surface area contributed by atoms with Crippen molar-refractivity contribution in [2.24, 2.45) is 5.92 Å². The van der Waals surface area contributed by atoms with E-state index in [0.29, 0.717) is 0 Å². The normalized spacial score (nSPS) is 29.6. The van der Waals surface area contributed by atoms with Crippen LogP contribution in [0.2, 0.25) is 0 Å². The number of hydrogen-bond donors (Lipinski definition) is 0. The zero-order valence-corrected chi connectivity index (χ0v) is 7.54. The Morgan fingerprint density at radius 2 is 2.25 bits per heavy atom. The largest absolute Gasteiger partial charge is 0.0814 e. The topological polar surface area (TPSA) is 0 Å². The molecule has 1 atom stereocenters. The van der Waals surface area contributed by atoms with Gasteiger partial charge in [0.2, 0.25) is 0 Å². The summed E-state index contributed by atoms with van der Waals surface area (Å²) in [6, 6.07) is 0. The van der Waals surface area contributed by atoms with Crippen LogP contribution in [0.15, 0.2) is 0 Å². The van der Waals surface area contributed by atoms with Crippen LogP contribution in [0.25, 0.3) is 0 Å². The summed E-state index contributed by atoms with van der Waals surface area (Å²) < 4.78 is 0. The van der Waals surface area contributed by atoms with Crippen molar-refractivity contribution >= 4 is 31.4 Å². The first-order valence-corrected chi connectivity index (χ1v) is 6.47. The van der Waals surface area contributed by atoms with Crippen molar-refractivity contribution in [2.45, 2.75) is 19.1 Å². The Balaban J connectivity index is 2.24. The summed E-state index contributed by atoms with van der Waals surface area (Å²) in [5.74, 6) is 2.20. The predicted octanol–water partition coefficient (Wildman–Crippen LogP) is 3.05. The van der Waals surface area contributed by atoms with Crippen LogP contribution >= 0.6 is 31.4 Å². The second kappa shape index (κ2) is 3.28. The Hall–Kier alpha value is 1.05. The molecule has 0 aromatic rings. The summed E-state index contributed by atoms with van der Waals surface area (Å²) in [5.41, 5.74) is 0. The Labute approximate surface area is 62.4 Å². The van der Waals surface area contributed by atoms with E-state index in [0.717, 1.165) is 11.2 Å². The van der Waals surface area contributed by atoms with Crippen LogP contribution in [-0.2, 0) is 0 Å². The Bertz CT molecular complexity index is 66.1. The summed E-state index contributed by atoms with van der Waals surface area (Å²) in [6.45, 7) is 4.59. The molecular formula is C5H10S3. The van der Waals surface area contributed by atoms with Crippen LogP contribution in [0.5, 0.6) is 0 Å². The summed E-state index contributed by atoms with van der Waals surface area (Å²) >= 11 is 0. The van der Waals surface area contributed by atoms with Gasteiger partial charge in [-0.3, -0.25) is 0 Å². The van der Waals surface area contributed by atoms with E-state index in [2.05, 4.69) is 13.8 Å². The second-order valence-electron chi connectivity index (χ2n) is 2.23. The Morgan fingerprint density at radius 3 is 2.50 bits per heavy atom. The highest BCUT2D eigenvalue weighted by atomic mass is 33.5. The fraction of sp³-hybridized carbons (Fsp3) is 1.00. The maximum Gasteiger partial charge on any atom is 0.0281 e. The molecule has 3 heteroatoms. The van der Waals surface area contributed by atoms with Crippen LogP contribution in [0.3, 0.4) is 0 Å². The van der Waals surface area contributed by atoms with Gasteiger partial charge >= 0.3 is 0 Å². The Kier molecular flexibility index (Phi) is 2.93. The fourth-order valence-corrected chi connectivity index (χ4v) is 6.29. The zero-order chi connectivity index (χ0) is 5.98. The first-order chi connectivity index (χ1) is 3.80. The molecule has 0 nitrogen and oxygen atoms in total. The average Bonchev–Trinajstić information content (AvgIpc) is 2.12. The minimum absolute atomic E-state index is 0.863. The van der Waals surface area contributed by atoms with Crippen molar-refractivity contribution in [3.05, 3.63) is 0 Å². The SMILES string of the molecule is CC(C)C1CSSS1. The molecule has 0 amide bonds. The summed E-state index contributed by atoms with van der Waals surface area (Å²) in [6.07, 6.45) is 0. The van der Waals surface area contributed by atoms with Gasteiger partial charge in [-0.2, -0.15) is 0 Å². The minimum atomic E-state index is 0.863. The molecule has 0 aromatic carbocycles. The van der Waals surface area contributed by atoms with Gasteiger partial charge in [0.1, 0.15) is 0 Å². The summed E-state index contributed by atoms with van der Waals surface area (Å²) in [7, 11) is 5.96. The van der Waals surface area contributed by atoms with E-state index in [-0.39, 0.29) is 0 Å². The van der Waals surface area contributed by atoms with E-state index in [9.17, 15) is 0 Å². The molecule has 1 aliphatic heterocycles. The van der Waals surface area contributed by atoms with Gasteiger partial charge in [-0.25, -0.2) is 0 Å². The first kappa shape index (κ1) is 7.16.